The number of fused-ring (bicyclic) bond motifs is 1. The summed E-state index contributed by atoms with van der Waals surface area (Å²) in [7, 11) is -0.278. The number of aryl methyl sites for hydroxylation is 2. The van der Waals surface area contributed by atoms with Crippen molar-refractivity contribution in [3.8, 4) is 28.1 Å². The predicted molar refractivity (Wildman–Crippen MR) is 268 cm³/mol. The molecule has 17 heteroatoms. The number of phenols is 1. The molecule has 4 aromatic rings. The fourth-order valence-corrected chi connectivity index (χ4v) is 11.2. The van der Waals surface area contributed by atoms with E-state index in [0.717, 1.165) is 65.5 Å². The van der Waals surface area contributed by atoms with Gasteiger partial charge in [-0.25, -0.2) is 18.1 Å². The number of benzene rings is 2. The molecule has 2 aromatic carbocycles. The van der Waals surface area contributed by atoms with Gasteiger partial charge in [0.2, 0.25) is 21.8 Å². The minimum absolute atomic E-state index is 0.0282. The van der Waals surface area contributed by atoms with Gasteiger partial charge in [0, 0.05) is 76.0 Å². The zero-order chi connectivity index (χ0) is 50.2. The number of carbonyl (C=O) groups is 4. The van der Waals surface area contributed by atoms with E-state index in [1.807, 2.05) is 45.9 Å². The Hall–Kier alpha value is -5.20. The molecule has 16 nitrogen and oxygen atoms in total. The summed E-state index contributed by atoms with van der Waals surface area (Å²) in [5.74, 6) is -2.55. The summed E-state index contributed by atoms with van der Waals surface area (Å²) in [6, 6.07) is 13.3. The average Bonchev–Trinajstić information content (AvgIpc) is 3.97. The van der Waals surface area contributed by atoms with Gasteiger partial charge in [-0.2, -0.15) is 0 Å². The number of aromatic nitrogens is 2. The average molecular weight is 972 g/mol. The van der Waals surface area contributed by atoms with Crippen LogP contribution in [-0.2, 0) is 58.1 Å². The topological polar surface area (TPSA) is 193 Å². The Morgan fingerprint density at radius 3 is 2.48 bits per heavy atom. The van der Waals surface area contributed by atoms with Crippen LogP contribution in [0.2, 0.25) is 0 Å². The van der Waals surface area contributed by atoms with Crippen LogP contribution in [0.5, 0.6) is 5.75 Å². The molecule has 0 aliphatic carbocycles. The number of aldehydes is 1. The molecule has 69 heavy (non-hydrogen) atoms. The van der Waals surface area contributed by atoms with Crippen molar-refractivity contribution in [2.75, 3.05) is 52.8 Å². The van der Waals surface area contributed by atoms with Crippen LogP contribution in [0.3, 0.4) is 0 Å². The summed E-state index contributed by atoms with van der Waals surface area (Å²) in [4.78, 5) is 62.2. The highest BCUT2D eigenvalue weighted by molar-refractivity contribution is 7.89. The molecule has 0 bridgehead atoms. The van der Waals surface area contributed by atoms with Gasteiger partial charge in [0.25, 0.3) is 5.91 Å². The van der Waals surface area contributed by atoms with E-state index in [-0.39, 0.29) is 56.2 Å². The minimum atomic E-state index is -3.50. The lowest BCUT2D eigenvalue weighted by Gasteiger charge is -2.41. The number of nitrogens with zero attached hydrogens (tertiary/aromatic N) is 5. The van der Waals surface area contributed by atoms with Gasteiger partial charge in [-0.1, -0.05) is 46.2 Å². The number of pyridine rings is 1. The fourth-order valence-electron chi connectivity index (χ4n) is 10.1. The van der Waals surface area contributed by atoms with Crippen molar-refractivity contribution in [3.05, 3.63) is 71.5 Å². The van der Waals surface area contributed by atoms with Gasteiger partial charge in [0.05, 0.1) is 35.8 Å². The van der Waals surface area contributed by atoms with Crippen molar-refractivity contribution >= 4 is 44.9 Å². The zero-order valence-corrected chi connectivity index (χ0v) is 42.7. The van der Waals surface area contributed by atoms with E-state index in [9.17, 15) is 32.7 Å². The summed E-state index contributed by atoms with van der Waals surface area (Å²) < 4.78 is 40.5. The maximum Gasteiger partial charge on any atom is 0.259 e. The standard InChI is InChI=1S/C52H73N7O9S/c1-10-16-41-43-30-37(18-19-45(43)58(12-3)48(41)42-17-14-22-53-46(42)35(7)67-9)39-26-36(27-40(61)29-39)28-44(51(64)59-23-15-21-52(32-60,55-59)33-68-25-11-2)54-49(62)47(34(5)6)56(8)50(63)38-20-24-57(31-38)69(65,66)13-4/h14,17-19,22,26-27,29-30,32,34-35,38,44,47,55,61H,10-13,15-16,20-21,23-25,28,31,33H2,1-9H3,(H,54,62)/t35-,38-,44-,47-,52?/m0/s1. The number of sulfonamides is 1. The summed E-state index contributed by atoms with van der Waals surface area (Å²) in [6.45, 7) is 15.2. The van der Waals surface area contributed by atoms with Crippen LogP contribution in [0.25, 0.3) is 33.3 Å². The monoisotopic (exact) mass is 972 g/mol. The Labute approximate surface area is 408 Å². The molecule has 2 aromatic heterocycles. The number of carbonyl (C=O) groups excluding carboxylic acids is 4. The number of ether oxygens (including phenoxy) is 2. The van der Waals surface area contributed by atoms with Crippen LogP contribution in [0.15, 0.2) is 54.7 Å². The maximum absolute atomic E-state index is 14.9. The molecule has 2 aliphatic rings. The van der Waals surface area contributed by atoms with E-state index >= 15 is 0 Å². The Kier molecular flexibility index (Phi) is 17.8. The summed E-state index contributed by atoms with van der Waals surface area (Å²) in [5.41, 5.74) is 9.31. The molecule has 6 rings (SSSR count). The molecular weight excluding hydrogens is 899 g/mol. The first-order chi connectivity index (χ1) is 33.0. The van der Waals surface area contributed by atoms with E-state index in [2.05, 4.69) is 47.4 Å². The predicted octanol–water partition coefficient (Wildman–Crippen LogP) is 6.43. The van der Waals surface area contributed by atoms with Gasteiger partial charge in [-0.05, 0) is 117 Å². The van der Waals surface area contributed by atoms with Crippen molar-refractivity contribution in [2.24, 2.45) is 11.8 Å². The molecule has 5 atom stereocenters. The Bertz CT molecular complexity index is 2580. The first-order valence-electron chi connectivity index (χ1n) is 24.6. The summed E-state index contributed by atoms with van der Waals surface area (Å²) in [5, 5.41) is 16.8. The molecule has 3 amide bonds. The summed E-state index contributed by atoms with van der Waals surface area (Å²) in [6.07, 6.45) is 6.04. The second-order valence-electron chi connectivity index (χ2n) is 18.9. The van der Waals surface area contributed by atoms with Crippen molar-refractivity contribution in [2.45, 2.75) is 124 Å². The highest BCUT2D eigenvalue weighted by Gasteiger charge is 2.42. The third-order valence-electron chi connectivity index (χ3n) is 13.7. The van der Waals surface area contributed by atoms with E-state index in [0.29, 0.717) is 37.0 Å². The Balaban J connectivity index is 1.37. The van der Waals surface area contributed by atoms with E-state index in [1.54, 1.807) is 39.4 Å². The molecular formula is C52H73N7O9S. The number of hydrogen-bond acceptors (Lipinski definition) is 11. The smallest absolute Gasteiger partial charge is 0.259 e. The number of methoxy groups -OCH3 is 1. The Morgan fingerprint density at radius 2 is 1.81 bits per heavy atom. The van der Waals surface area contributed by atoms with E-state index < -0.39 is 51.3 Å². The summed E-state index contributed by atoms with van der Waals surface area (Å²) >= 11 is 0. The molecule has 0 radical (unpaired) electrons. The molecule has 1 unspecified atom stereocenters. The van der Waals surface area contributed by atoms with Crippen LogP contribution in [0.4, 0.5) is 0 Å². The van der Waals surface area contributed by atoms with Crippen LogP contribution in [0.1, 0.15) is 103 Å². The van der Waals surface area contributed by atoms with E-state index in [4.69, 9.17) is 14.5 Å². The van der Waals surface area contributed by atoms with Gasteiger partial charge in [0.15, 0.2) is 0 Å². The largest absolute Gasteiger partial charge is 0.508 e. The number of rotatable bonds is 22. The van der Waals surface area contributed by atoms with Crippen molar-refractivity contribution in [3.63, 3.8) is 0 Å². The number of hydrazine groups is 1. The third kappa shape index (κ3) is 11.7. The van der Waals surface area contributed by atoms with Crippen LogP contribution in [-0.4, -0.2) is 132 Å². The molecule has 2 fully saturated rings. The van der Waals surface area contributed by atoms with Crippen molar-refractivity contribution in [1.82, 2.24) is 34.5 Å². The number of hydrogen-bond donors (Lipinski definition) is 3. The third-order valence-corrected chi connectivity index (χ3v) is 15.5. The molecule has 4 heterocycles. The highest BCUT2D eigenvalue weighted by Crippen LogP contribution is 2.40. The van der Waals surface area contributed by atoms with Gasteiger partial charge in [-0.3, -0.25) is 24.4 Å². The number of aromatic hydroxyl groups is 1. The molecule has 2 aliphatic heterocycles. The molecule has 3 N–H and O–H groups in total. The van der Waals surface area contributed by atoms with Crippen molar-refractivity contribution < 1.29 is 42.2 Å². The highest BCUT2D eigenvalue weighted by atomic mass is 32.2. The van der Waals surface area contributed by atoms with Gasteiger partial charge in [0.1, 0.15) is 29.7 Å². The SMILES string of the molecule is CCCOCC1(C=O)CCCN(C(=O)[C@H](Cc2cc(O)cc(-c3ccc4c(c3)c(CCC)c(-c3cccnc3[C@H](C)OC)n4CC)c2)NC(=O)[C@H](C(C)C)N(C)C(=O)[C@H]2CCN(S(=O)(=O)CC)C2)N1. The first-order valence-corrected chi connectivity index (χ1v) is 26.2. The van der Waals surface area contributed by atoms with Crippen LogP contribution < -0.4 is 10.7 Å². The normalized spacial score (nSPS) is 19.2. The quantitative estimate of drug-likeness (QED) is 0.0581. The maximum atomic E-state index is 14.9. The lowest BCUT2D eigenvalue weighted by atomic mass is 9.93. The lowest BCUT2D eigenvalue weighted by molar-refractivity contribution is -0.148. The number of phenolic OH excluding ortho intramolecular Hbond substituents is 1. The van der Waals surface area contributed by atoms with Gasteiger partial charge in [-0.15, -0.1) is 0 Å². The van der Waals surface area contributed by atoms with Crippen LogP contribution in [0, 0.1) is 11.8 Å². The fraction of sp³-hybridized carbons (Fsp3) is 0.558. The molecule has 0 spiro atoms. The number of amides is 3. The lowest BCUT2D eigenvalue weighted by Crippen LogP contribution is -2.66. The number of likely N-dealkylation sites (N-methyl/N-ethyl adjacent to an activating group) is 1. The van der Waals surface area contributed by atoms with E-state index in [1.165, 1.54) is 19.8 Å². The minimum Gasteiger partial charge on any atom is -0.508 e. The van der Waals surface area contributed by atoms with Crippen molar-refractivity contribution in [1.29, 1.82) is 0 Å². The van der Waals surface area contributed by atoms with Gasteiger partial charge >= 0.3 is 0 Å². The van der Waals surface area contributed by atoms with Crippen LogP contribution >= 0.6 is 0 Å². The molecule has 2 saturated heterocycles. The second-order valence-corrected chi connectivity index (χ2v) is 21.2. The molecule has 376 valence electrons. The number of nitrogens with one attached hydrogen (secondary N) is 2. The van der Waals surface area contributed by atoms with Gasteiger partial charge < -0.3 is 34.2 Å². The molecule has 0 saturated carbocycles. The zero-order valence-electron chi connectivity index (χ0n) is 41.9. The first kappa shape index (κ1) is 53.2. The Morgan fingerprint density at radius 1 is 1.04 bits per heavy atom. The second kappa shape index (κ2) is 23.1.